The van der Waals surface area contributed by atoms with E-state index in [1.165, 1.54) is 11.1 Å². The molecule has 0 amide bonds. The highest BCUT2D eigenvalue weighted by Gasteiger charge is 2.29. The van der Waals surface area contributed by atoms with Crippen LogP contribution in [-0.4, -0.2) is 47.7 Å². The fraction of sp³-hybridized carbons (Fsp3) is 0.524. The van der Waals surface area contributed by atoms with Gasteiger partial charge in [0.05, 0.1) is 0 Å². The highest BCUT2D eigenvalue weighted by molar-refractivity contribution is 5.38. The van der Waals surface area contributed by atoms with Crippen LogP contribution in [0.1, 0.15) is 41.4 Å². The van der Waals surface area contributed by atoms with Crippen molar-refractivity contribution in [3.8, 4) is 0 Å². The molecule has 1 fully saturated rings. The van der Waals surface area contributed by atoms with Gasteiger partial charge < -0.3 is 15.8 Å². The molecule has 1 aliphatic carbocycles. The number of hydrogen-bond acceptors (Lipinski definition) is 6. The van der Waals surface area contributed by atoms with Crippen LogP contribution in [0, 0.1) is 0 Å². The van der Waals surface area contributed by atoms with Gasteiger partial charge >= 0.3 is 0 Å². The SMILES string of the molecule is COCc1nc(NCCN2CCc3ccccc3C2)cc(C2CC(N)C2)n1. The Morgan fingerprint density at radius 2 is 2.04 bits per heavy atom. The second kappa shape index (κ2) is 8.33. The van der Waals surface area contributed by atoms with Gasteiger partial charge in [0.25, 0.3) is 0 Å². The van der Waals surface area contributed by atoms with Gasteiger partial charge in [0.2, 0.25) is 0 Å². The first kappa shape index (κ1) is 18.3. The highest BCUT2D eigenvalue weighted by Crippen LogP contribution is 2.35. The maximum atomic E-state index is 5.95. The minimum atomic E-state index is 0.314. The Balaban J connectivity index is 1.35. The number of anilines is 1. The van der Waals surface area contributed by atoms with Crippen molar-refractivity contribution in [2.45, 2.75) is 44.4 Å². The molecule has 144 valence electrons. The van der Waals surface area contributed by atoms with Crippen LogP contribution >= 0.6 is 0 Å². The number of ether oxygens (including phenoxy) is 1. The lowest BCUT2D eigenvalue weighted by Gasteiger charge is -2.32. The van der Waals surface area contributed by atoms with E-state index in [0.717, 1.165) is 62.8 Å². The van der Waals surface area contributed by atoms with Gasteiger partial charge in [0.15, 0.2) is 5.82 Å². The number of nitrogens with zero attached hydrogens (tertiary/aromatic N) is 3. The molecule has 0 unspecified atom stereocenters. The van der Waals surface area contributed by atoms with Crippen LogP contribution < -0.4 is 11.1 Å². The van der Waals surface area contributed by atoms with E-state index in [2.05, 4.69) is 50.5 Å². The maximum Gasteiger partial charge on any atom is 0.156 e. The van der Waals surface area contributed by atoms with Gasteiger partial charge in [-0.05, 0) is 30.4 Å². The molecule has 3 N–H and O–H groups in total. The Morgan fingerprint density at radius 1 is 1.22 bits per heavy atom. The summed E-state index contributed by atoms with van der Waals surface area (Å²) in [5.41, 5.74) is 9.99. The third kappa shape index (κ3) is 4.46. The predicted octanol–water partition coefficient (Wildman–Crippen LogP) is 2.30. The summed E-state index contributed by atoms with van der Waals surface area (Å²) in [5, 5.41) is 3.49. The lowest BCUT2D eigenvalue weighted by molar-refractivity contribution is 0.177. The second-order valence-corrected chi connectivity index (χ2v) is 7.68. The predicted molar refractivity (Wildman–Crippen MR) is 107 cm³/mol. The van der Waals surface area contributed by atoms with Crippen LogP contribution in [0.3, 0.4) is 0 Å². The zero-order chi connectivity index (χ0) is 18.6. The first-order valence-corrected chi connectivity index (χ1v) is 9.86. The Kier molecular flexibility index (Phi) is 5.66. The Bertz CT molecular complexity index is 775. The van der Waals surface area contributed by atoms with E-state index in [0.29, 0.717) is 18.6 Å². The van der Waals surface area contributed by atoms with Gasteiger partial charge in [-0.25, -0.2) is 9.97 Å². The van der Waals surface area contributed by atoms with Crippen molar-refractivity contribution < 1.29 is 4.74 Å². The molecule has 1 aliphatic heterocycles. The smallest absolute Gasteiger partial charge is 0.156 e. The molecule has 0 spiro atoms. The average molecular weight is 367 g/mol. The number of benzene rings is 1. The van der Waals surface area contributed by atoms with E-state index in [1.54, 1.807) is 7.11 Å². The third-order valence-corrected chi connectivity index (χ3v) is 5.60. The molecule has 1 saturated carbocycles. The van der Waals surface area contributed by atoms with Crippen molar-refractivity contribution in [3.63, 3.8) is 0 Å². The molecule has 2 aromatic rings. The quantitative estimate of drug-likeness (QED) is 0.782. The summed E-state index contributed by atoms with van der Waals surface area (Å²) in [6.07, 6.45) is 3.15. The van der Waals surface area contributed by atoms with E-state index >= 15 is 0 Å². The van der Waals surface area contributed by atoms with Gasteiger partial charge in [-0.2, -0.15) is 0 Å². The fourth-order valence-electron chi connectivity index (χ4n) is 4.00. The summed E-state index contributed by atoms with van der Waals surface area (Å²) in [4.78, 5) is 11.8. The first-order chi connectivity index (χ1) is 13.2. The fourth-order valence-corrected chi connectivity index (χ4v) is 4.00. The van der Waals surface area contributed by atoms with Crippen LogP contribution in [0.15, 0.2) is 30.3 Å². The second-order valence-electron chi connectivity index (χ2n) is 7.68. The lowest BCUT2D eigenvalue weighted by Crippen LogP contribution is -2.35. The van der Waals surface area contributed by atoms with Crippen molar-refractivity contribution in [3.05, 3.63) is 53.0 Å². The number of nitrogens with one attached hydrogen (secondary N) is 1. The van der Waals surface area contributed by atoms with Crippen molar-refractivity contribution in [2.75, 3.05) is 32.1 Å². The molecule has 6 heteroatoms. The summed E-state index contributed by atoms with van der Waals surface area (Å²) in [5.74, 6) is 2.09. The summed E-state index contributed by atoms with van der Waals surface area (Å²) >= 11 is 0. The number of methoxy groups -OCH3 is 1. The topological polar surface area (TPSA) is 76.3 Å². The first-order valence-electron chi connectivity index (χ1n) is 9.86. The number of hydrogen-bond donors (Lipinski definition) is 2. The van der Waals surface area contributed by atoms with E-state index < -0.39 is 0 Å². The summed E-state index contributed by atoms with van der Waals surface area (Å²) in [7, 11) is 1.68. The van der Waals surface area contributed by atoms with E-state index in [1.807, 2.05) is 0 Å². The Labute approximate surface area is 161 Å². The molecule has 2 heterocycles. The van der Waals surface area contributed by atoms with Crippen molar-refractivity contribution in [1.82, 2.24) is 14.9 Å². The van der Waals surface area contributed by atoms with Crippen LogP contribution in [0.5, 0.6) is 0 Å². The molecule has 1 aromatic carbocycles. The summed E-state index contributed by atoms with van der Waals surface area (Å²) in [6.45, 7) is 4.45. The monoisotopic (exact) mass is 367 g/mol. The molecule has 0 atom stereocenters. The zero-order valence-corrected chi connectivity index (χ0v) is 16.0. The highest BCUT2D eigenvalue weighted by atomic mass is 16.5. The Hall–Kier alpha value is -2.02. The normalized spacial score (nSPS) is 22.1. The summed E-state index contributed by atoms with van der Waals surface area (Å²) in [6, 6.07) is 11.2. The van der Waals surface area contributed by atoms with Crippen molar-refractivity contribution in [1.29, 1.82) is 0 Å². The number of nitrogens with two attached hydrogens (primary N) is 1. The van der Waals surface area contributed by atoms with Gasteiger partial charge in [0.1, 0.15) is 12.4 Å². The zero-order valence-electron chi connectivity index (χ0n) is 16.0. The van der Waals surface area contributed by atoms with Crippen LogP contribution in [0.4, 0.5) is 5.82 Å². The molecule has 2 aliphatic rings. The Morgan fingerprint density at radius 3 is 2.81 bits per heavy atom. The molecule has 0 bridgehead atoms. The van der Waals surface area contributed by atoms with Crippen molar-refractivity contribution >= 4 is 5.82 Å². The minimum Gasteiger partial charge on any atom is -0.377 e. The van der Waals surface area contributed by atoms with E-state index in [9.17, 15) is 0 Å². The molecule has 0 radical (unpaired) electrons. The lowest BCUT2D eigenvalue weighted by atomic mass is 9.78. The number of rotatable bonds is 7. The van der Waals surface area contributed by atoms with Crippen molar-refractivity contribution in [2.24, 2.45) is 5.73 Å². The molecule has 4 rings (SSSR count). The number of aromatic nitrogens is 2. The van der Waals surface area contributed by atoms with E-state index in [4.69, 9.17) is 10.5 Å². The molecule has 0 saturated heterocycles. The molecular formula is C21H29N5O. The molecular weight excluding hydrogens is 338 g/mol. The molecule has 1 aromatic heterocycles. The number of fused-ring (bicyclic) bond motifs is 1. The van der Waals surface area contributed by atoms with Gasteiger partial charge in [-0.3, -0.25) is 4.90 Å². The van der Waals surface area contributed by atoms with Crippen LogP contribution in [0.2, 0.25) is 0 Å². The van der Waals surface area contributed by atoms with Gasteiger partial charge in [-0.15, -0.1) is 0 Å². The third-order valence-electron chi connectivity index (χ3n) is 5.60. The molecule has 6 nitrogen and oxygen atoms in total. The largest absolute Gasteiger partial charge is 0.377 e. The van der Waals surface area contributed by atoms with Crippen LogP contribution in [0.25, 0.3) is 0 Å². The van der Waals surface area contributed by atoms with Gasteiger partial charge in [0, 0.05) is 57.0 Å². The maximum absolute atomic E-state index is 5.95. The minimum absolute atomic E-state index is 0.314. The average Bonchev–Trinajstić information content (AvgIpc) is 2.65. The molecule has 27 heavy (non-hydrogen) atoms. The summed E-state index contributed by atoms with van der Waals surface area (Å²) < 4.78 is 5.24. The van der Waals surface area contributed by atoms with E-state index in [-0.39, 0.29) is 0 Å². The van der Waals surface area contributed by atoms with Crippen LogP contribution in [-0.2, 0) is 24.3 Å². The standard InChI is InChI=1S/C21H29N5O/c1-27-14-21-24-19(17-10-18(22)11-17)12-20(25-21)23-7-9-26-8-6-15-4-2-3-5-16(15)13-26/h2-5,12,17-18H,6-11,13-14,22H2,1H3,(H,23,24,25). The van der Waals surface area contributed by atoms with Gasteiger partial charge in [-0.1, -0.05) is 24.3 Å².